The van der Waals surface area contributed by atoms with E-state index in [2.05, 4.69) is 34.5 Å². The number of carbonyl (C=O) groups excluding carboxylic acids is 1. The zero-order valence-electron chi connectivity index (χ0n) is 24.0. The quantitative estimate of drug-likeness (QED) is 0.313. The third-order valence-electron chi connectivity index (χ3n) is 9.38. The van der Waals surface area contributed by atoms with Crippen molar-refractivity contribution in [2.24, 2.45) is 11.8 Å². The van der Waals surface area contributed by atoms with Crippen molar-refractivity contribution in [2.45, 2.75) is 44.1 Å². The van der Waals surface area contributed by atoms with Crippen LogP contribution in [0.15, 0.2) is 60.7 Å². The third kappa shape index (κ3) is 5.77. The minimum Gasteiger partial charge on any atom is -0.497 e. The van der Waals surface area contributed by atoms with Crippen LogP contribution < -0.4 is 19.7 Å². The molecule has 6 rings (SSSR count). The van der Waals surface area contributed by atoms with Gasteiger partial charge in [0, 0.05) is 30.1 Å². The van der Waals surface area contributed by atoms with E-state index in [4.69, 9.17) is 25.8 Å². The lowest BCUT2D eigenvalue weighted by Crippen LogP contribution is -2.49. The van der Waals surface area contributed by atoms with E-state index >= 15 is 0 Å². The minimum absolute atomic E-state index is 0.130. The molecule has 1 fully saturated rings. The van der Waals surface area contributed by atoms with Gasteiger partial charge in [-0.15, -0.1) is 0 Å². The number of hydrogen-bond donors (Lipinski definition) is 1. The number of rotatable bonds is 8. The van der Waals surface area contributed by atoms with Crippen molar-refractivity contribution in [1.29, 1.82) is 0 Å². The number of benzene rings is 3. The average Bonchev–Trinajstić information content (AvgIpc) is 3.14. The molecule has 1 heterocycles. The normalized spacial score (nSPS) is 23.0. The van der Waals surface area contributed by atoms with Gasteiger partial charge in [0.15, 0.2) is 0 Å². The number of ether oxygens (including phenoxy) is 3. The monoisotopic (exact) mass is 574 g/mol. The van der Waals surface area contributed by atoms with Gasteiger partial charge in [0.25, 0.3) is 0 Å². The molecule has 3 aromatic rings. The van der Waals surface area contributed by atoms with Gasteiger partial charge < -0.3 is 24.4 Å². The largest absolute Gasteiger partial charge is 0.497 e. The molecule has 6 nitrogen and oxygen atoms in total. The van der Waals surface area contributed by atoms with Crippen molar-refractivity contribution in [3.8, 4) is 11.5 Å². The van der Waals surface area contributed by atoms with E-state index in [1.165, 1.54) is 36.6 Å². The van der Waals surface area contributed by atoms with Crippen molar-refractivity contribution in [3.63, 3.8) is 0 Å². The maximum absolute atomic E-state index is 12.5. The van der Waals surface area contributed by atoms with Crippen LogP contribution in [0.3, 0.4) is 0 Å². The summed E-state index contributed by atoms with van der Waals surface area (Å²) in [6.07, 6.45) is 5.65. The predicted octanol–water partition coefficient (Wildman–Crippen LogP) is 6.42. The van der Waals surface area contributed by atoms with Crippen LogP contribution >= 0.6 is 11.6 Å². The van der Waals surface area contributed by atoms with E-state index in [-0.39, 0.29) is 11.4 Å². The molecule has 3 atom stereocenters. The lowest BCUT2D eigenvalue weighted by Gasteiger charge is -2.44. The molecule has 1 unspecified atom stereocenters. The van der Waals surface area contributed by atoms with Crippen LogP contribution in [-0.2, 0) is 23.1 Å². The maximum atomic E-state index is 12.5. The molecule has 1 N–H and O–H groups in total. The molecule has 0 saturated heterocycles. The van der Waals surface area contributed by atoms with E-state index in [9.17, 15) is 4.79 Å². The summed E-state index contributed by atoms with van der Waals surface area (Å²) >= 11 is 6.41. The minimum atomic E-state index is -0.325. The Bertz CT molecular complexity index is 1390. The van der Waals surface area contributed by atoms with Gasteiger partial charge in [0.2, 0.25) is 0 Å². The van der Waals surface area contributed by atoms with Gasteiger partial charge >= 0.3 is 5.97 Å². The Morgan fingerprint density at radius 1 is 1.07 bits per heavy atom. The van der Waals surface area contributed by atoms with Gasteiger partial charge in [-0.3, -0.25) is 0 Å². The number of nitrogens with zero attached hydrogens (tertiary/aromatic N) is 1. The van der Waals surface area contributed by atoms with Gasteiger partial charge in [0.05, 0.1) is 32.1 Å². The maximum Gasteiger partial charge on any atom is 0.337 e. The Morgan fingerprint density at radius 3 is 2.66 bits per heavy atom. The van der Waals surface area contributed by atoms with E-state index in [1.54, 1.807) is 7.11 Å². The van der Waals surface area contributed by atoms with Crippen LogP contribution in [0.1, 0.15) is 52.7 Å². The number of aryl methyl sites for hydroxylation is 1. The average molecular weight is 575 g/mol. The summed E-state index contributed by atoms with van der Waals surface area (Å²) in [4.78, 5) is 15.0. The zero-order chi connectivity index (χ0) is 28.4. The van der Waals surface area contributed by atoms with Crippen LogP contribution in [0.2, 0.25) is 5.02 Å². The number of halogens is 1. The first-order valence-electron chi connectivity index (χ1n) is 14.7. The van der Waals surface area contributed by atoms with Crippen molar-refractivity contribution >= 4 is 23.3 Å². The number of nitrogens with one attached hydrogen (secondary N) is 1. The predicted molar refractivity (Wildman–Crippen MR) is 162 cm³/mol. The van der Waals surface area contributed by atoms with Crippen molar-refractivity contribution in [3.05, 3.63) is 87.9 Å². The molecule has 0 radical (unpaired) electrons. The van der Waals surface area contributed by atoms with Gasteiger partial charge in [-0.2, -0.15) is 0 Å². The summed E-state index contributed by atoms with van der Waals surface area (Å²) in [6.45, 7) is 4.23. The van der Waals surface area contributed by atoms with Crippen molar-refractivity contribution in [1.82, 2.24) is 5.32 Å². The molecular weight excluding hydrogens is 536 g/mol. The number of carbonyl (C=O) groups is 1. The summed E-state index contributed by atoms with van der Waals surface area (Å²) in [5.41, 5.74) is 5.35. The van der Waals surface area contributed by atoms with Crippen LogP contribution in [0, 0.1) is 11.8 Å². The van der Waals surface area contributed by atoms with Crippen molar-refractivity contribution < 1.29 is 19.0 Å². The molecule has 0 bridgehead atoms. The third-order valence-corrected chi connectivity index (χ3v) is 9.62. The van der Waals surface area contributed by atoms with Gasteiger partial charge in [0.1, 0.15) is 11.5 Å². The Kier molecular flexibility index (Phi) is 8.14. The smallest absolute Gasteiger partial charge is 0.337 e. The standard InChI is InChI=1S/C34H39ClN2O4/c1-39-29-11-5-23(6-12-29)18-36-19-26-7-8-27(26)20-37-21-34(15-3-4-24-16-28(35)10-13-30(24)34)22-41-32-14-9-25(17-31(32)37)33(38)40-2/h5-6,9-14,16-17,26-27,36H,3-4,7-8,15,18-22H2,1-2H3/t26-,27-,34?/m0/s1. The molecule has 0 amide bonds. The van der Waals surface area contributed by atoms with Crippen LogP contribution in [-0.4, -0.2) is 46.4 Å². The van der Waals surface area contributed by atoms with Crippen LogP contribution in [0.25, 0.3) is 0 Å². The number of anilines is 1. The SMILES string of the molecule is COC(=O)c1ccc2c(c1)N(C[C@@H]1CC[C@H]1CNCc1ccc(OC)cc1)CC1(CCCc3cc(Cl)ccc31)CO2. The molecule has 3 aliphatic rings. The molecule has 41 heavy (non-hydrogen) atoms. The topological polar surface area (TPSA) is 60.0 Å². The Morgan fingerprint density at radius 2 is 1.90 bits per heavy atom. The highest BCUT2D eigenvalue weighted by Crippen LogP contribution is 2.46. The lowest BCUT2D eigenvalue weighted by atomic mass is 9.69. The van der Waals surface area contributed by atoms with Gasteiger partial charge in [-0.1, -0.05) is 29.8 Å². The number of hydrogen-bond acceptors (Lipinski definition) is 6. The summed E-state index contributed by atoms with van der Waals surface area (Å²) in [7, 11) is 3.12. The second-order valence-corrected chi connectivity index (χ2v) is 12.3. The molecule has 7 heteroatoms. The van der Waals surface area contributed by atoms with E-state index in [1.807, 2.05) is 36.4 Å². The van der Waals surface area contributed by atoms with E-state index < -0.39 is 0 Å². The fourth-order valence-electron chi connectivity index (χ4n) is 6.93. The highest BCUT2D eigenvalue weighted by Gasteiger charge is 2.43. The fourth-order valence-corrected chi connectivity index (χ4v) is 7.13. The molecular formula is C34H39ClN2O4. The highest BCUT2D eigenvalue weighted by atomic mass is 35.5. The molecule has 1 spiro atoms. The number of fused-ring (bicyclic) bond motifs is 3. The fraction of sp³-hybridized carbons (Fsp3) is 0.441. The van der Waals surface area contributed by atoms with Crippen molar-refractivity contribution in [2.75, 3.05) is 45.4 Å². The van der Waals surface area contributed by atoms with Gasteiger partial charge in [-0.25, -0.2) is 4.79 Å². The highest BCUT2D eigenvalue weighted by molar-refractivity contribution is 6.30. The first kappa shape index (κ1) is 27.9. The second kappa shape index (κ2) is 11.9. The molecule has 1 aliphatic heterocycles. The number of esters is 1. The van der Waals surface area contributed by atoms with Crippen LogP contribution in [0.5, 0.6) is 11.5 Å². The first-order valence-corrected chi connectivity index (χ1v) is 15.1. The van der Waals surface area contributed by atoms with E-state index in [0.29, 0.717) is 24.0 Å². The Hall–Kier alpha value is -3.22. The molecule has 0 aromatic heterocycles. The molecule has 3 aromatic carbocycles. The zero-order valence-corrected chi connectivity index (χ0v) is 24.7. The Balaban J connectivity index is 1.23. The summed E-state index contributed by atoms with van der Waals surface area (Å²) in [5.74, 6) is 2.57. The van der Waals surface area contributed by atoms with E-state index in [0.717, 1.165) is 67.7 Å². The summed E-state index contributed by atoms with van der Waals surface area (Å²) in [6, 6.07) is 20.3. The van der Waals surface area contributed by atoms with Gasteiger partial charge in [-0.05, 0) is 110 Å². The number of methoxy groups -OCH3 is 2. The lowest BCUT2D eigenvalue weighted by molar-refractivity contribution is 0.0600. The Labute approximate surface area is 247 Å². The second-order valence-electron chi connectivity index (χ2n) is 11.9. The summed E-state index contributed by atoms with van der Waals surface area (Å²) < 4.78 is 16.9. The molecule has 1 saturated carbocycles. The molecule has 2 aliphatic carbocycles. The summed E-state index contributed by atoms with van der Waals surface area (Å²) in [5, 5.41) is 4.48. The first-order chi connectivity index (χ1) is 20.0. The molecule has 216 valence electrons. The van der Waals surface area contributed by atoms with Crippen LogP contribution in [0.4, 0.5) is 5.69 Å².